The Morgan fingerprint density at radius 3 is 2.70 bits per heavy atom. The van der Waals surface area contributed by atoms with Crippen LogP contribution < -0.4 is 21.3 Å². The number of anilines is 1. The van der Waals surface area contributed by atoms with Gasteiger partial charge in [-0.15, -0.1) is 11.3 Å². The summed E-state index contributed by atoms with van der Waals surface area (Å²) in [6.07, 6.45) is 3.68. The highest BCUT2D eigenvalue weighted by molar-refractivity contribution is 7.16. The maximum atomic E-state index is 13.5. The molecule has 0 aliphatic rings. The van der Waals surface area contributed by atoms with Crippen molar-refractivity contribution in [2.75, 3.05) is 5.32 Å². The number of hydrogen-bond donors (Lipinski definition) is 1. The lowest BCUT2D eigenvalue weighted by molar-refractivity contribution is 0.765. The minimum Gasteiger partial charge on any atom is -0.375 e. The van der Waals surface area contributed by atoms with E-state index in [4.69, 9.17) is 11.6 Å². The van der Waals surface area contributed by atoms with E-state index in [1.54, 1.807) is 23.2 Å². The SMILES string of the molecule is CC=c1cc(C(C)Nc2ccnc3scnc23)n(-c2ccccc2)c(=O)c1=C(C)Cl. The molecule has 30 heavy (non-hydrogen) atoms. The largest absolute Gasteiger partial charge is 0.375 e. The van der Waals surface area contributed by atoms with Gasteiger partial charge in [-0.1, -0.05) is 35.9 Å². The van der Waals surface area contributed by atoms with Crippen LogP contribution in [0.15, 0.2) is 59.0 Å². The van der Waals surface area contributed by atoms with Gasteiger partial charge in [0.2, 0.25) is 0 Å². The Labute approximate surface area is 183 Å². The van der Waals surface area contributed by atoms with E-state index in [1.807, 2.05) is 62.4 Å². The van der Waals surface area contributed by atoms with E-state index < -0.39 is 0 Å². The Morgan fingerprint density at radius 1 is 1.23 bits per heavy atom. The molecule has 4 aromatic rings. The molecule has 0 saturated carbocycles. The summed E-state index contributed by atoms with van der Waals surface area (Å²) >= 11 is 7.82. The highest BCUT2D eigenvalue weighted by atomic mass is 35.5. The summed E-state index contributed by atoms with van der Waals surface area (Å²) in [4.78, 5) is 23.2. The minimum absolute atomic E-state index is 0.138. The van der Waals surface area contributed by atoms with Gasteiger partial charge >= 0.3 is 0 Å². The van der Waals surface area contributed by atoms with Crippen LogP contribution in [0, 0.1) is 0 Å². The van der Waals surface area contributed by atoms with Crippen molar-refractivity contribution >= 4 is 50.1 Å². The standard InChI is InChI=1S/C23H21ClN4OS/c1-4-16-12-19(15(3)27-18-10-11-25-22-21(18)26-13-30-22)28(17-8-6-5-7-9-17)23(29)20(16)14(2)24/h4-13,15H,1-3H3,(H,25,27). The van der Waals surface area contributed by atoms with Crippen molar-refractivity contribution in [3.8, 4) is 5.69 Å². The van der Waals surface area contributed by atoms with Crippen molar-refractivity contribution in [2.24, 2.45) is 0 Å². The molecule has 0 spiro atoms. The van der Waals surface area contributed by atoms with Gasteiger partial charge < -0.3 is 5.32 Å². The van der Waals surface area contributed by atoms with Gasteiger partial charge in [0, 0.05) is 22.6 Å². The number of fused-ring (bicyclic) bond motifs is 1. The zero-order chi connectivity index (χ0) is 21.3. The molecule has 0 amide bonds. The minimum atomic E-state index is -0.173. The molecule has 152 valence electrons. The first-order chi connectivity index (χ1) is 14.5. The van der Waals surface area contributed by atoms with Gasteiger partial charge in [-0.2, -0.15) is 0 Å². The lowest BCUT2D eigenvalue weighted by Gasteiger charge is -2.21. The van der Waals surface area contributed by atoms with Crippen LogP contribution in [0.5, 0.6) is 0 Å². The molecular weight excluding hydrogens is 416 g/mol. The fraction of sp³-hybridized carbons (Fsp3) is 0.174. The first-order valence-corrected chi connectivity index (χ1v) is 10.9. The summed E-state index contributed by atoms with van der Waals surface area (Å²) in [7, 11) is 0. The molecule has 1 unspecified atom stereocenters. The molecule has 0 saturated heterocycles. The van der Waals surface area contributed by atoms with Crippen LogP contribution in [0.4, 0.5) is 5.69 Å². The van der Waals surface area contributed by atoms with Gasteiger partial charge in [-0.3, -0.25) is 9.36 Å². The average Bonchev–Trinajstić information content (AvgIpc) is 3.23. The van der Waals surface area contributed by atoms with Crippen LogP contribution in [0.3, 0.4) is 0 Å². The second-order valence-corrected chi connectivity index (χ2v) is 8.33. The first-order valence-electron chi connectivity index (χ1n) is 9.60. The number of halogens is 1. The number of benzene rings is 1. The number of nitrogens with one attached hydrogen (secondary N) is 1. The Bertz CT molecular complexity index is 1390. The zero-order valence-electron chi connectivity index (χ0n) is 16.9. The maximum Gasteiger partial charge on any atom is 0.264 e. The van der Waals surface area contributed by atoms with Crippen LogP contribution >= 0.6 is 22.9 Å². The molecule has 7 heteroatoms. The molecule has 5 nitrogen and oxygen atoms in total. The van der Waals surface area contributed by atoms with Crippen molar-refractivity contribution < 1.29 is 0 Å². The summed E-state index contributed by atoms with van der Waals surface area (Å²) < 4.78 is 1.73. The van der Waals surface area contributed by atoms with E-state index in [1.165, 1.54) is 11.3 Å². The highest BCUT2D eigenvalue weighted by Gasteiger charge is 2.17. The van der Waals surface area contributed by atoms with E-state index in [2.05, 4.69) is 15.3 Å². The molecule has 3 aromatic heterocycles. The number of hydrogen-bond acceptors (Lipinski definition) is 5. The third-order valence-electron chi connectivity index (χ3n) is 4.99. The molecule has 4 rings (SSSR count). The van der Waals surface area contributed by atoms with E-state index in [9.17, 15) is 4.79 Å². The molecule has 0 aliphatic heterocycles. The van der Waals surface area contributed by atoms with E-state index in [-0.39, 0.29) is 11.6 Å². The normalized spacial score (nSPS) is 14.1. The van der Waals surface area contributed by atoms with Gasteiger partial charge in [0.1, 0.15) is 10.3 Å². The summed E-state index contributed by atoms with van der Waals surface area (Å²) in [5.41, 5.74) is 4.98. The average molecular weight is 437 g/mol. The smallest absolute Gasteiger partial charge is 0.264 e. The first kappa shape index (κ1) is 20.3. The molecule has 1 N–H and O–H groups in total. The Kier molecular flexibility index (Phi) is 5.70. The van der Waals surface area contributed by atoms with Crippen LogP contribution in [-0.2, 0) is 0 Å². The van der Waals surface area contributed by atoms with Crippen LogP contribution in [0.25, 0.3) is 27.1 Å². The molecule has 0 fully saturated rings. The highest BCUT2D eigenvalue weighted by Crippen LogP contribution is 2.26. The summed E-state index contributed by atoms with van der Waals surface area (Å²) in [5.74, 6) is 0. The monoisotopic (exact) mass is 436 g/mol. The second-order valence-electron chi connectivity index (χ2n) is 6.93. The maximum absolute atomic E-state index is 13.5. The number of para-hydroxylation sites is 1. The van der Waals surface area contributed by atoms with Crippen molar-refractivity contribution in [1.29, 1.82) is 0 Å². The fourth-order valence-electron chi connectivity index (χ4n) is 3.58. The van der Waals surface area contributed by atoms with Crippen LogP contribution in [0.2, 0.25) is 0 Å². The Morgan fingerprint density at radius 2 is 2.00 bits per heavy atom. The predicted octanol–water partition coefficient (Wildman–Crippen LogP) is 4.18. The van der Waals surface area contributed by atoms with Gasteiger partial charge in [0.15, 0.2) is 0 Å². The van der Waals surface area contributed by atoms with E-state index >= 15 is 0 Å². The van der Waals surface area contributed by atoms with Gasteiger partial charge in [0.05, 0.1) is 22.5 Å². The van der Waals surface area contributed by atoms with Crippen molar-refractivity contribution in [1.82, 2.24) is 14.5 Å². The zero-order valence-corrected chi connectivity index (χ0v) is 18.5. The van der Waals surface area contributed by atoms with Crippen LogP contribution in [0.1, 0.15) is 32.5 Å². The summed E-state index contributed by atoms with van der Waals surface area (Å²) in [6.45, 7) is 5.69. The Hall–Kier alpha value is -2.96. The lowest BCUT2D eigenvalue weighted by atomic mass is 10.1. The fourth-order valence-corrected chi connectivity index (χ4v) is 4.43. The summed E-state index contributed by atoms with van der Waals surface area (Å²) in [6, 6.07) is 13.4. The third kappa shape index (κ3) is 3.64. The molecule has 0 bridgehead atoms. The van der Waals surface area contributed by atoms with Gasteiger partial charge in [-0.25, -0.2) is 9.97 Å². The third-order valence-corrected chi connectivity index (χ3v) is 5.91. The molecule has 1 aromatic carbocycles. The number of aromatic nitrogens is 3. The van der Waals surface area contributed by atoms with Gasteiger partial charge in [0.25, 0.3) is 5.56 Å². The molecule has 3 heterocycles. The summed E-state index contributed by atoms with van der Waals surface area (Å²) in [5, 5.41) is 5.33. The molecule has 1 atom stereocenters. The Balaban J connectivity index is 1.95. The van der Waals surface area contributed by atoms with E-state index in [0.29, 0.717) is 10.3 Å². The van der Waals surface area contributed by atoms with Crippen molar-refractivity contribution in [3.63, 3.8) is 0 Å². The molecular formula is C23H21ClN4OS. The molecule has 0 aliphatic carbocycles. The number of thiazole rings is 1. The number of nitrogens with zero attached hydrogens (tertiary/aromatic N) is 3. The van der Waals surface area contributed by atoms with Crippen molar-refractivity contribution in [3.05, 3.63) is 80.7 Å². The predicted molar refractivity (Wildman–Crippen MR) is 126 cm³/mol. The number of rotatable bonds is 4. The van der Waals surface area contributed by atoms with Crippen molar-refractivity contribution in [2.45, 2.75) is 26.8 Å². The van der Waals surface area contributed by atoms with Crippen LogP contribution in [-0.4, -0.2) is 14.5 Å². The number of pyridine rings is 2. The second kappa shape index (κ2) is 8.42. The molecule has 0 radical (unpaired) electrons. The van der Waals surface area contributed by atoms with E-state index in [0.717, 1.165) is 32.6 Å². The lowest BCUT2D eigenvalue weighted by Crippen LogP contribution is -2.47. The quantitative estimate of drug-likeness (QED) is 0.521. The topological polar surface area (TPSA) is 59.8 Å². The van der Waals surface area contributed by atoms with Gasteiger partial charge in [-0.05, 0) is 50.3 Å².